The summed E-state index contributed by atoms with van der Waals surface area (Å²) >= 11 is 1.57. The molecular weight excluding hydrogens is 376 g/mol. The molecule has 0 amide bonds. The first-order valence-electron chi connectivity index (χ1n) is 8.36. The Morgan fingerprint density at radius 2 is 1.89 bits per heavy atom. The van der Waals surface area contributed by atoms with Crippen molar-refractivity contribution in [2.24, 2.45) is 0 Å². The summed E-state index contributed by atoms with van der Waals surface area (Å²) in [5.41, 5.74) is 3.18. The topological polar surface area (TPSA) is 107 Å². The largest absolute Gasteiger partial charge is 0.363 e. The number of thiazole rings is 1. The number of benzene rings is 1. The number of nitrogens with zero attached hydrogens (tertiary/aromatic N) is 5. The molecule has 0 unspecified atom stereocenters. The summed E-state index contributed by atoms with van der Waals surface area (Å²) in [7, 11) is 0. The molecule has 138 valence electrons. The van der Waals surface area contributed by atoms with Crippen LogP contribution in [0.2, 0.25) is 0 Å². The lowest BCUT2D eigenvalue weighted by atomic mass is 10.1. The number of hydrogen-bond donors (Lipinski definition) is 1. The fraction of sp³-hybridized carbons (Fsp3) is 0.0526. The highest BCUT2D eigenvalue weighted by atomic mass is 32.1. The zero-order chi connectivity index (χ0) is 19.3. The van der Waals surface area contributed by atoms with Crippen molar-refractivity contribution in [3.63, 3.8) is 0 Å². The SMILES string of the molecule is O=[N+]([O-])c1cccc(-c2ccc(NCc3csc(-c4ccncc4)n3)nn2)c1. The molecule has 0 saturated carbocycles. The lowest BCUT2D eigenvalue weighted by Crippen LogP contribution is -2.03. The van der Waals surface area contributed by atoms with Gasteiger partial charge in [-0.05, 0) is 24.3 Å². The second kappa shape index (κ2) is 7.89. The van der Waals surface area contributed by atoms with E-state index in [9.17, 15) is 10.1 Å². The lowest BCUT2D eigenvalue weighted by Gasteiger charge is -2.04. The molecule has 4 aromatic rings. The molecule has 4 rings (SSSR count). The second-order valence-corrected chi connectivity index (χ2v) is 6.70. The van der Waals surface area contributed by atoms with Crippen LogP contribution in [0.1, 0.15) is 5.69 Å². The molecule has 0 atom stereocenters. The van der Waals surface area contributed by atoms with Gasteiger partial charge in [-0.3, -0.25) is 15.1 Å². The minimum absolute atomic E-state index is 0.0232. The Morgan fingerprint density at radius 3 is 2.64 bits per heavy atom. The van der Waals surface area contributed by atoms with Gasteiger partial charge in [0.15, 0.2) is 0 Å². The minimum Gasteiger partial charge on any atom is -0.363 e. The number of nitro benzene ring substituents is 1. The summed E-state index contributed by atoms with van der Waals surface area (Å²) in [6, 6.07) is 13.7. The van der Waals surface area contributed by atoms with Crippen LogP contribution in [0.3, 0.4) is 0 Å². The van der Waals surface area contributed by atoms with Crippen LogP contribution in [-0.2, 0) is 6.54 Å². The van der Waals surface area contributed by atoms with Crippen molar-refractivity contribution in [2.75, 3.05) is 5.32 Å². The number of hydrogen-bond acceptors (Lipinski definition) is 8. The summed E-state index contributed by atoms with van der Waals surface area (Å²) in [4.78, 5) is 19.1. The molecule has 0 saturated heterocycles. The van der Waals surface area contributed by atoms with E-state index in [1.165, 1.54) is 12.1 Å². The molecule has 0 radical (unpaired) electrons. The molecular formula is C19H14N6O2S. The fourth-order valence-electron chi connectivity index (χ4n) is 2.56. The highest BCUT2D eigenvalue weighted by molar-refractivity contribution is 7.13. The average Bonchev–Trinajstić information content (AvgIpc) is 3.22. The monoisotopic (exact) mass is 390 g/mol. The van der Waals surface area contributed by atoms with Crippen molar-refractivity contribution in [1.82, 2.24) is 20.2 Å². The molecule has 3 heterocycles. The zero-order valence-corrected chi connectivity index (χ0v) is 15.3. The van der Waals surface area contributed by atoms with Gasteiger partial charge in [0.2, 0.25) is 0 Å². The number of nitrogens with one attached hydrogen (secondary N) is 1. The minimum atomic E-state index is -0.430. The summed E-state index contributed by atoms with van der Waals surface area (Å²) in [6.07, 6.45) is 3.49. The Hall–Kier alpha value is -3.72. The van der Waals surface area contributed by atoms with Crippen LogP contribution in [0.25, 0.3) is 21.8 Å². The van der Waals surface area contributed by atoms with Crippen molar-refractivity contribution >= 4 is 22.8 Å². The first kappa shape index (κ1) is 17.7. The van der Waals surface area contributed by atoms with Crippen LogP contribution < -0.4 is 5.32 Å². The van der Waals surface area contributed by atoms with Crippen LogP contribution >= 0.6 is 11.3 Å². The Bertz CT molecular complexity index is 1100. The first-order valence-corrected chi connectivity index (χ1v) is 9.24. The molecule has 1 N–H and O–H groups in total. The van der Waals surface area contributed by atoms with Crippen molar-refractivity contribution < 1.29 is 4.92 Å². The van der Waals surface area contributed by atoms with Crippen LogP contribution in [-0.4, -0.2) is 25.1 Å². The van der Waals surface area contributed by atoms with E-state index in [1.807, 2.05) is 17.5 Å². The van der Waals surface area contributed by atoms with E-state index in [2.05, 4.69) is 25.5 Å². The number of pyridine rings is 1. The van der Waals surface area contributed by atoms with Gasteiger partial charge in [-0.15, -0.1) is 21.5 Å². The van der Waals surface area contributed by atoms with Gasteiger partial charge in [0.05, 0.1) is 22.9 Å². The predicted octanol–water partition coefficient (Wildman–Crippen LogP) is 4.18. The summed E-state index contributed by atoms with van der Waals surface area (Å²) in [6.45, 7) is 0.520. The maximum Gasteiger partial charge on any atom is 0.270 e. The van der Waals surface area contributed by atoms with Crippen molar-refractivity contribution in [3.05, 3.63) is 82.1 Å². The van der Waals surface area contributed by atoms with Gasteiger partial charge in [0.25, 0.3) is 5.69 Å². The molecule has 3 aromatic heterocycles. The number of rotatable bonds is 6. The van der Waals surface area contributed by atoms with E-state index < -0.39 is 4.92 Å². The van der Waals surface area contributed by atoms with Gasteiger partial charge in [-0.25, -0.2) is 4.98 Å². The van der Waals surface area contributed by atoms with E-state index in [4.69, 9.17) is 0 Å². The zero-order valence-electron chi connectivity index (χ0n) is 14.5. The highest BCUT2D eigenvalue weighted by Crippen LogP contribution is 2.24. The van der Waals surface area contributed by atoms with Crippen LogP contribution in [0.4, 0.5) is 11.5 Å². The van der Waals surface area contributed by atoms with Crippen LogP contribution in [0.5, 0.6) is 0 Å². The lowest BCUT2D eigenvalue weighted by molar-refractivity contribution is -0.384. The molecule has 0 spiro atoms. The summed E-state index contributed by atoms with van der Waals surface area (Å²) in [5, 5.41) is 25.3. The quantitative estimate of drug-likeness (QED) is 0.389. The van der Waals surface area contributed by atoms with E-state index in [1.54, 1.807) is 48.0 Å². The average molecular weight is 390 g/mol. The van der Waals surface area contributed by atoms with Crippen molar-refractivity contribution in [3.8, 4) is 21.8 Å². The van der Waals surface area contributed by atoms with Gasteiger partial charge in [-0.1, -0.05) is 12.1 Å². The van der Waals surface area contributed by atoms with Crippen molar-refractivity contribution in [2.45, 2.75) is 6.54 Å². The first-order chi connectivity index (χ1) is 13.7. The Labute approximate surface area is 164 Å². The molecule has 0 aliphatic rings. The van der Waals surface area contributed by atoms with Crippen LogP contribution in [0.15, 0.2) is 66.3 Å². The molecule has 8 nitrogen and oxygen atoms in total. The summed E-state index contributed by atoms with van der Waals surface area (Å²) < 4.78 is 0. The number of aromatic nitrogens is 4. The normalized spacial score (nSPS) is 10.6. The van der Waals surface area contributed by atoms with E-state index in [-0.39, 0.29) is 5.69 Å². The fourth-order valence-corrected chi connectivity index (χ4v) is 3.38. The smallest absolute Gasteiger partial charge is 0.270 e. The maximum absolute atomic E-state index is 10.9. The second-order valence-electron chi connectivity index (χ2n) is 5.84. The van der Waals surface area contributed by atoms with E-state index in [0.717, 1.165) is 16.3 Å². The third-order valence-corrected chi connectivity index (χ3v) is 4.89. The van der Waals surface area contributed by atoms with Gasteiger partial charge >= 0.3 is 0 Å². The van der Waals surface area contributed by atoms with Gasteiger partial charge < -0.3 is 5.32 Å². The standard InChI is InChI=1S/C19H14N6O2S/c26-25(27)16-3-1-2-14(10-16)17-4-5-18(24-23-17)21-11-15-12-28-19(22-15)13-6-8-20-9-7-13/h1-10,12H,11H2,(H,21,24). The molecule has 9 heteroatoms. The number of anilines is 1. The van der Waals surface area contributed by atoms with Crippen LogP contribution in [0, 0.1) is 10.1 Å². The predicted molar refractivity (Wildman–Crippen MR) is 107 cm³/mol. The summed E-state index contributed by atoms with van der Waals surface area (Å²) in [5.74, 6) is 0.604. The van der Waals surface area contributed by atoms with E-state index >= 15 is 0 Å². The molecule has 0 fully saturated rings. The number of nitro groups is 1. The Balaban J connectivity index is 1.42. The number of non-ortho nitro benzene ring substituents is 1. The van der Waals surface area contributed by atoms with Gasteiger partial charge in [-0.2, -0.15) is 0 Å². The van der Waals surface area contributed by atoms with Gasteiger partial charge in [0.1, 0.15) is 10.8 Å². The highest BCUT2D eigenvalue weighted by Gasteiger charge is 2.09. The third-order valence-electron chi connectivity index (χ3n) is 3.95. The van der Waals surface area contributed by atoms with Crippen molar-refractivity contribution in [1.29, 1.82) is 0 Å². The molecule has 28 heavy (non-hydrogen) atoms. The molecule has 0 aliphatic carbocycles. The Kier molecular flexibility index (Phi) is 4.98. The third kappa shape index (κ3) is 3.99. The molecule has 1 aromatic carbocycles. The maximum atomic E-state index is 10.9. The van der Waals surface area contributed by atoms with Gasteiger partial charge in [0, 0.05) is 41.0 Å². The molecule has 0 bridgehead atoms. The molecule has 0 aliphatic heterocycles. The van der Waals surface area contributed by atoms with E-state index in [0.29, 0.717) is 23.6 Å². The Morgan fingerprint density at radius 1 is 1.04 bits per heavy atom.